The quantitative estimate of drug-likeness (QED) is 0.690. The lowest BCUT2D eigenvalue weighted by molar-refractivity contribution is 0.194. The van der Waals surface area contributed by atoms with E-state index in [1.165, 1.54) is 0 Å². The highest BCUT2D eigenvalue weighted by Crippen LogP contribution is 2.17. The van der Waals surface area contributed by atoms with Crippen molar-refractivity contribution in [2.24, 2.45) is 0 Å². The van der Waals surface area contributed by atoms with Crippen molar-refractivity contribution in [3.05, 3.63) is 11.4 Å². The number of nitrogens with zero attached hydrogens (tertiary/aromatic N) is 2. The summed E-state index contributed by atoms with van der Waals surface area (Å²) in [5, 5.41) is 18.1. The summed E-state index contributed by atoms with van der Waals surface area (Å²) in [7, 11) is 1.84. The van der Waals surface area contributed by atoms with E-state index in [2.05, 4.69) is 15.7 Å². The van der Waals surface area contributed by atoms with E-state index in [-0.39, 0.29) is 0 Å². The fourth-order valence-electron chi connectivity index (χ4n) is 1.55. The minimum Gasteiger partial charge on any atom is -0.465 e. The van der Waals surface area contributed by atoms with Crippen molar-refractivity contribution in [1.29, 1.82) is 0 Å². The summed E-state index contributed by atoms with van der Waals surface area (Å²) in [6.45, 7) is 4.77. The van der Waals surface area contributed by atoms with E-state index in [1.807, 2.05) is 20.9 Å². The third-order valence-electron chi connectivity index (χ3n) is 2.23. The van der Waals surface area contributed by atoms with Gasteiger partial charge in [0.25, 0.3) is 0 Å². The van der Waals surface area contributed by atoms with Gasteiger partial charge >= 0.3 is 6.09 Å². The highest BCUT2D eigenvalue weighted by Gasteiger charge is 2.09. The molecule has 0 saturated carbocycles. The predicted molar refractivity (Wildman–Crippen MR) is 57.3 cm³/mol. The molecule has 3 N–H and O–H groups in total. The predicted octanol–water partition coefficient (Wildman–Crippen LogP) is 0.809. The Morgan fingerprint density at radius 3 is 2.67 bits per heavy atom. The minimum absolute atomic E-state index is 0.362. The summed E-state index contributed by atoms with van der Waals surface area (Å²) in [6, 6.07) is 0. The van der Waals surface area contributed by atoms with Gasteiger partial charge in [-0.15, -0.1) is 0 Å². The molecule has 1 amide bonds. The lowest BCUT2D eigenvalue weighted by atomic mass is 10.3. The summed E-state index contributed by atoms with van der Waals surface area (Å²) >= 11 is 0. The fourth-order valence-corrected chi connectivity index (χ4v) is 1.55. The van der Waals surface area contributed by atoms with Crippen LogP contribution in [0.5, 0.6) is 0 Å². The van der Waals surface area contributed by atoms with Crippen molar-refractivity contribution in [2.75, 3.05) is 18.9 Å². The molecule has 0 saturated heterocycles. The van der Waals surface area contributed by atoms with Crippen LogP contribution >= 0.6 is 0 Å². The molecule has 0 atom stereocenters. The number of carboxylic acid groups (broad SMARTS) is 1. The Hall–Kier alpha value is -1.72. The van der Waals surface area contributed by atoms with Crippen LogP contribution in [0.4, 0.5) is 10.5 Å². The molecule has 1 aromatic rings. The molecular weight excluding hydrogens is 196 g/mol. The lowest BCUT2D eigenvalue weighted by Gasteiger charge is -2.04. The van der Waals surface area contributed by atoms with Gasteiger partial charge in [-0.25, -0.2) is 4.79 Å². The standard InChI is InChI=1S/C9H16N4O2/c1-6-8(10-3)7(2)13(12-6)5-4-11-9(14)15/h10-11H,4-5H2,1-3H3,(H,14,15). The zero-order valence-electron chi connectivity index (χ0n) is 9.16. The average Bonchev–Trinajstić information content (AvgIpc) is 2.41. The SMILES string of the molecule is CNc1c(C)nn(CCNC(=O)O)c1C. The third-order valence-corrected chi connectivity index (χ3v) is 2.23. The molecule has 84 valence electrons. The molecule has 0 aliphatic rings. The van der Waals surface area contributed by atoms with Gasteiger partial charge in [0.1, 0.15) is 0 Å². The number of hydrogen-bond donors (Lipinski definition) is 3. The maximum atomic E-state index is 10.2. The first-order chi connectivity index (χ1) is 7.06. The Bertz CT molecular complexity index is 359. The van der Waals surface area contributed by atoms with Gasteiger partial charge in [0.2, 0.25) is 0 Å². The first-order valence-corrected chi connectivity index (χ1v) is 4.74. The molecule has 0 aromatic carbocycles. The van der Waals surface area contributed by atoms with E-state index in [4.69, 9.17) is 5.11 Å². The first kappa shape index (κ1) is 11.4. The molecule has 6 nitrogen and oxygen atoms in total. The molecule has 1 aromatic heterocycles. The Balaban J connectivity index is 2.65. The lowest BCUT2D eigenvalue weighted by Crippen LogP contribution is -2.25. The van der Waals surface area contributed by atoms with Gasteiger partial charge < -0.3 is 15.7 Å². The van der Waals surface area contributed by atoms with Gasteiger partial charge in [-0.05, 0) is 13.8 Å². The molecule has 0 bridgehead atoms. The van der Waals surface area contributed by atoms with Gasteiger partial charge in [0.05, 0.1) is 23.6 Å². The second kappa shape index (κ2) is 4.68. The van der Waals surface area contributed by atoms with Crippen LogP contribution in [0.3, 0.4) is 0 Å². The van der Waals surface area contributed by atoms with Crippen LogP contribution in [-0.4, -0.2) is 34.6 Å². The number of anilines is 1. The zero-order valence-corrected chi connectivity index (χ0v) is 9.16. The van der Waals surface area contributed by atoms with E-state index in [9.17, 15) is 4.79 Å². The number of nitrogens with one attached hydrogen (secondary N) is 2. The molecule has 15 heavy (non-hydrogen) atoms. The van der Waals surface area contributed by atoms with Gasteiger partial charge in [-0.2, -0.15) is 5.10 Å². The molecule has 6 heteroatoms. The molecule has 0 fully saturated rings. The zero-order chi connectivity index (χ0) is 11.4. The van der Waals surface area contributed by atoms with Crippen LogP contribution in [0.1, 0.15) is 11.4 Å². The van der Waals surface area contributed by atoms with Gasteiger partial charge in [-0.3, -0.25) is 4.68 Å². The smallest absolute Gasteiger partial charge is 0.404 e. The number of hydrogen-bond acceptors (Lipinski definition) is 3. The van der Waals surface area contributed by atoms with E-state index in [1.54, 1.807) is 4.68 Å². The minimum atomic E-state index is -1.01. The number of amides is 1. The van der Waals surface area contributed by atoms with Crippen LogP contribution in [0, 0.1) is 13.8 Å². The molecule has 1 heterocycles. The van der Waals surface area contributed by atoms with Crippen LogP contribution < -0.4 is 10.6 Å². The Kier molecular flexibility index (Phi) is 3.54. The van der Waals surface area contributed by atoms with Crippen molar-refractivity contribution in [1.82, 2.24) is 15.1 Å². The molecule has 0 aliphatic carbocycles. The van der Waals surface area contributed by atoms with Crippen molar-refractivity contribution < 1.29 is 9.90 Å². The maximum absolute atomic E-state index is 10.2. The fraction of sp³-hybridized carbons (Fsp3) is 0.556. The summed E-state index contributed by atoms with van der Waals surface area (Å²) in [4.78, 5) is 10.2. The topological polar surface area (TPSA) is 79.2 Å². The van der Waals surface area contributed by atoms with E-state index < -0.39 is 6.09 Å². The summed E-state index contributed by atoms with van der Waals surface area (Å²) in [5.74, 6) is 0. The van der Waals surface area contributed by atoms with E-state index >= 15 is 0 Å². The molecule has 1 rings (SSSR count). The number of aryl methyl sites for hydroxylation is 1. The van der Waals surface area contributed by atoms with Crippen LogP contribution in [0.15, 0.2) is 0 Å². The first-order valence-electron chi connectivity index (χ1n) is 4.74. The number of carbonyl (C=O) groups is 1. The Morgan fingerprint density at radius 2 is 2.20 bits per heavy atom. The molecule has 0 aliphatic heterocycles. The number of rotatable bonds is 4. The second-order valence-corrected chi connectivity index (χ2v) is 3.25. The monoisotopic (exact) mass is 212 g/mol. The van der Waals surface area contributed by atoms with Crippen molar-refractivity contribution in [3.63, 3.8) is 0 Å². The average molecular weight is 212 g/mol. The third kappa shape index (κ3) is 2.61. The molecular formula is C9H16N4O2. The van der Waals surface area contributed by atoms with Crippen LogP contribution in [-0.2, 0) is 6.54 Å². The molecule has 0 radical (unpaired) electrons. The summed E-state index contributed by atoms with van der Waals surface area (Å²) in [6.07, 6.45) is -1.01. The second-order valence-electron chi connectivity index (χ2n) is 3.25. The maximum Gasteiger partial charge on any atom is 0.404 e. The molecule has 0 spiro atoms. The van der Waals surface area contributed by atoms with Crippen LogP contribution in [0.25, 0.3) is 0 Å². The van der Waals surface area contributed by atoms with E-state index in [0.29, 0.717) is 13.1 Å². The Morgan fingerprint density at radius 1 is 1.53 bits per heavy atom. The Labute approximate surface area is 88.3 Å². The normalized spacial score (nSPS) is 10.1. The van der Waals surface area contributed by atoms with E-state index in [0.717, 1.165) is 17.1 Å². The van der Waals surface area contributed by atoms with Crippen molar-refractivity contribution in [3.8, 4) is 0 Å². The summed E-state index contributed by atoms with van der Waals surface area (Å²) in [5.41, 5.74) is 2.94. The molecule has 0 unspecified atom stereocenters. The van der Waals surface area contributed by atoms with Crippen molar-refractivity contribution in [2.45, 2.75) is 20.4 Å². The highest BCUT2D eigenvalue weighted by molar-refractivity contribution is 5.64. The van der Waals surface area contributed by atoms with Gasteiger partial charge in [-0.1, -0.05) is 0 Å². The highest BCUT2D eigenvalue weighted by atomic mass is 16.4. The number of aromatic nitrogens is 2. The van der Waals surface area contributed by atoms with Crippen LogP contribution in [0.2, 0.25) is 0 Å². The van der Waals surface area contributed by atoms with Gasteiger partial charge in [0, 0.05) is 13.6 Å². The summed E-state index contributed by atoms with van der Waals surface area (Å²) < 4.78 is 1.79. The van der Waals surface area contributed by atoms with Gasteiger partial charge in [0.15, 0.2) is 0 Å². The largest absolute Gasteiger partial charge is 0.465 e. The van der Waals surface area contributed by atoms with Crippen molar-refractivity contribution >= 4 is 11.8 Å².